The van der Waals surface area contributed by atoms with Gasteiger partial charge in [-0.25, -0.2) is 9.59 Å². The highest BCUT2D eigenvalue weighted by molar-refractivity contribution is 7.98. The third-order valence-electron chi connectivity index (χ3n) is 5.58. The molecule has 174 valence electrons. The molecular formula is C25H28N2O5S. The predicted octanol–water partition coefficient (Wildman–Crippen LogP) is 3.79. The lowest BCUT2D eigenvalue weighted by molar-refractivity contribution is -0.142. The SMILES string of the molecule is C=CCC(NC(=O)[C@@H](CCSC)NC(=O)OCC1c2ccccc2-c2ccccc21)C(=O)O. The number of nitrogens with one attached hydrogen (secondary N) is 2. The second-order valence-electron chi connectivity index (χ2n) is 7.73. The van der Waals surface area contributed by atoms with Crippen molar-refractivity contribution < 1.29 is 24.2 Å². The van der Waals surface area contributed by atoms with Gasteiger partial charge >= 0.3 is 12.1 Å². The van der Waals surface area contributed by atoms with E-state index >= 15 is 0 Å². The van der Waals surface area contributed by atoms with Gasteiger partial charge in [0.2, 0.25) is 5.91 Å². The summed E-state index contributed by atoms with van der Waals surface area (Å²) in [5, 5.41) is 14.4. The molecule has 7 nitrogen and oxygen atoms in total. The Morgan fingerprint density at radius 3 is 2.21 bits per heavy atom. The van der Waals surface area contributed by atoms with Gasteiger partial charge in [0.1, 0.15) is 18.7 Å². The van der Waals surface area contributed by atoms with E-state index in [0.717, 1.165) is 22.3 Å². The van der Waals surface area contributed by atoms with E-state index in [1.54, 1.807) is 0 Å². The Bertz CT molecular complexity index is 980. The summed E-state index contributed by atoms with van der Waals surface area (Å²) in [4.78, 5) is 36.6. The number of alkyl carbamates (subject to hydrolysis) is 1. The van der Waals surface area contributed by atoms with Crippen LogP contribution in [0.3, 0.4) is 0 Å². The van der Waals surface area contributed by atoms with E-state index in [0.29, 0.717) is 12.2 Å². The average molecular weight is 469 g/mol. The molecule has 3 N–H and O–H groups in total. The number of hydrogen-bond donors (Lipinski definition) is 3. The molecule has 0 aliphatic heterocycles. The average Bonchev–Trinajstić information content (AvgIpc) is 3.13. The minimum absolute atomic E-state index is 0.0846. The Hall–Kier alpha value is -3.26. The molecule has 0 fully saturated rings. The van der Waals surface area contributed by atoms with Gasteiger partial charge in [-0.05, 0) is 47.1 Å². The van der Waals surface area contributed by atoms with Crippen LogP contribution >= 0.6 is 11.8 Å². The first-order valence-corrected chi connectivity index (χ1v) is 12.1. The van der Waals surface area contributed by atoms with E-state index < -0.39 is 30.1 Å². The van der Waals surface area contributed by atoms with Crippen LogP contribution in [-0.2, 0) is 14.3 Å². The van der Waals surface area contributed by atoms with Crippen molar-refractivity contribution in [3.05, 3.63) is 72.3 Å². The summed E-state index contributed by atoms with van der Waals surface area (Å²) in [6.07, 6.45) is 3.03. The lowest BCUT2D eigenvalue weighted by Crippen LogP contribution is -2.51. The molecule has 0 saturated carbocycles. The smallest absolute Gasteiger partial charge is 0.407 e. The Kier molecular flexibility index (Phi) is 8.54. The second kappa shape index (κ2) is 11.6. The van der Waals surface area contributed by atoms with Gasteiger partial charge in [0, 0.05) is 5.92 Å². The number of carboxylic acid groups (broad SMARTS) is 1. The topological polar surface area (TPSA) is 105 Å². The zero-order valence-corrected chi connectivity index (χ0v) is 19.3. The van der Waals surface area contributed by atoms with Gasteiger partial charge in [-0.3, -0.25) is 4.79 Å². The standard InChI is InChI=1S/C25H28N2O5S/c1-3-8-22(24(29)30)26-23(28)21(13-14-33-2)27-25(31)32-15-20-18-11-6-4-9-16(18)17-10-5-7-12-19(17)20/h3-7,9-12,20-22H,1,8,13-15H2,2H3,(H,26,28)(H,27,31)(H,29,30)/t21-,22?/m1/s1. The molecule has 0 spiro atoms. The van der Waals surface area contributed by atoms with Gasteiger partial charge < -0.3 is 20.5 Å². The first-order valence-electron chi connectivity index (χ1n) is 10.7. The van der Waals surface area contributed by atoms with Gasteiger partial charge in [0.05, 0.1) is 0 Å². The van der Waals surface area contributed by atoms with Crippen LogP contribution in [0, 0.1) is 0 Å². The molecule has 8 heteroatoms. The molecule has 2 amide bonds. The van der Waals surface area contributed by atoms with Gasteiger partial charge in [0.15, 0.2) is 0 Å². The molecule has 2 atom stereocenters. The molecule has 0 heterocycles. The van der Waals surface area contributed by atoms with Crippen LogP contribution in [0.2, 0.25) is 0 Å². The van der Waals surface area contributed by atoms with Crippen LogP contribution in [-0.4, -0.2) is 53.8 Å². The summed E-state index contributed by atoms with van der Waals surface area (Å²) in [5.74, 6) is -1.20. The van der Waals surface area contributed by atoms with E-state index in [9.17, 15) is 19.5 Å². The van der Waals surface area contributed by atoms with Crippen molar-refractivity contribution >= 4 is 29.7 Å². The van der Waals surface area contributed by atoms with Crippen LogP contribution in [0.5, 0.6) is 0 Å². The van der Waals surface area contributed by atoms with Crippen LogP contribution < -0.4 is 10.6 Å². The second-order valence-corrected chi connectivity index (χ2v) is 8.71. The molecule has 1 unspecified atom stereocenters. The minimum atomic E-state index is -1.16. The fourth-order valence-corrected chi connectivity index (χ4v) is 4.42. The maximum Gasteiger partial charge on any atom is 0.407 e. The van der Waals surface area contributed by atoms with Crippen molar-refractivity contribution in [1.82, 2.24) is 10.6 Å². The van der Waals surface area contributed by atoms with Crippen LogP contribution in [0.1, 0.15) is 29.9 Å². The fourth-order valence-electron chi connectivity index (χ4n) is 3.95. The Labute approximate surface area is 197 Å². The molecule has 1 aliphatic rings. The van der Waals surface area contributed by atoms with Crippen molar-refractivity contribution in [3.8, 4) is 11.1 Å². The first-order chi connectivity index (χ1) is 16.0. The van der Waals surface area contributed by atoms with E-state index in [4.69, 9.17) is 4.74 Å². The van der Waals surface area contributed by atoms with Gasteiger partial charge in [-0.1, -0.05) is 54.6 Å². The molecule has 2 aromatic rings. The van der Waals surface area contributed by atoms with Crippen molar-refractivity contribution in [3.63, 3.8) is 0 Å². The monoisotopic (exact) mass is 468 g/mol. The largest absolute Gasteiger partial charge is 0.480 e. The van der Waals surface area contributed by atoms with Crippen LogP contribution in [0.25, 0.3) is 11.1 Å². The highest BCUT2D eigenvalue weighted by atomic mass is 32.2. The van der Waals surface area contributed by atoms with E-state index in [-0.39, 0.29) is 18.9 Å². The summed E-state index contributed by atoms with van der Waals surface area (Å²) >= 11 is 1.52. The summed E-state index contributed by atoms with van der Waals surface area (Å²) in [6, 6.07) is 14.1. The number of hydrogen-bond acceptors (Lipinski definition) is 5. The van der Waals surface area contributed by atoms with Crippen LogP contribution in [0.4, 0.5) is 4.79 Å². The Morgan fingerprint density at radius 2 is 1.67 bits per heavy atom. The molecule has 33 heavy (non-hydrogen) atoms. The number of carbonyl (C=O) groups excluding carboxylic acids is 2. The molecule has 0 radical (unpaired) electrons. The van der Waals surface area contributed by atoms with Crippen molar-refractivity contribution in [2.24, 2.45) is 0 Å². The van der Waals surface area contributed by atoms with Crippen molar-refractivity contribution in [2.45, 2.75) is 30.8 Å². The zero-order chi connectivity index (χ0) is 23.8. The maximum absolute atomic E-state index is 12.7. The van der Waals surface area contributed by atoms with E-state index in [2.05, 4.69) is 29.3 Å². The van der Waals surface area contributed by atoms with E-state index in [1.165, 1.54) is 17.8 Å². The summed E-state index contributed by atoms with van der Waals surface area (Å²) in [5.41, 5.74) is 4.44. The van der Waals surface area contributed by atoms with Crippen molar-refractivity contribution in [1.29, 1.82) is 0 Å². The molecule has 1 aliphatic carbocycles. The number of carbonyl (C=O) groups is 3. The maximum atomic E-state index is 12.7. The minimum Gasteiger partial charge on any atom is -0.480 e. The van der Waals surface area contributed by atoms with Gasteiger partial charge in [-0.15, -0.1) is 6.58 Å². The number of aliphatic carboxylic acids is 1. The summed E-state index contributed by atoms with van der Waals surface area (Å²) < 4.78 is 5.53. The van der Waals surface area contributed by atoms with Gasteiger partial charge in [0.25, 0.3) is 0 Å². The van der Waals surface area contributed by atoms with E-state index in [1.807, 2.05) is 42.7 Å². The number of fused-ring (bicyclic) bond motifs is 3. The Morgan fingerprint density at radius 1 is 1.06 bits per heavy atom. The number of benzene rings is 2. The Balaban J connectivity index is 1.65. The highest BCUT2D eigenvalue weighted by Gasteiger charge is 2.30. The van der Waals surface area contributed by atoms with Crippen LogP contribution in [0.15, 0.2) is 61.2 Å². The molecule has 2 aromatic carbocycles. The fraction of sp³-hybridized carbons (Fsp3) is 0.320. The lowest BCUT2D eigenvalue weighted by Gasteiger charge is -2.21. The van der Waals surface area contributed by atoms with Crippen molar-refractivity contribution in [2.75, 3.05) is 18.6 Å². The zero-order valence-electron chi connectivity index (χ0n) is 18.5. The molecule has 0 bridgehead atoms. The summed E-state index contributed by atoms with van der Waals surface area (Å²) in [7, 11) is 0. The third kappa shape index (κ3) is 5.96. The number of carboxylic acids is 1. The quantitative estimate of drug-likeness (QED) is 0.434. The molecule has 3 rings (SSSR count). The molecular weight excluding hydrogens is 440 g/mol. The van der Waals surface area contributed by atoms with Gasteiger partial charge in [-0.2, -0.15) is 11.8 Å². The highest BCUT2D eigenvalue weighted by Crippen LogP contribution is 2.44. The summed E-state index contributed by atoms with van der Waals surface area (Å²) in [6.45, 7) is 3.65. The molecule has 0 saturated heterocycles. The molecule has 0 aromatic heterocycles. The third-order valence-corrected chi connectivity index (χ3v) is 6.22. The number of ether oxygens (including phenoxy) is 1. The number of thioether (sulfide) groups is 1. The lowest BCUT2D eigenvalue weighted by atomic mass is 9.98. The normalized spacial score (nSPS) is 13.8. The predicted molar refractivity (Wildman–Crippen MR) is 129 cm³/mol. The number of rotatable bonds is 11. The first kappa shape index (κ1) is 24.4. The number of amides is 2.